The Morgan fingerprint density at radius 3 is 2.53 bits per heavy atom. The molecule has 0 bridgehead atoms. The predicted octanol–water partition coefficient (Wildman–Crippen LogP) is 0.850. The molecule has 0 aromatic heterocycles. The lowest BCUT2D eigenvalue weighted by molar-refractivity contribution is -0.123. The van der Waals surface area contributed by atoms with Crippen LogP contribution in [0.1, 0.15) is 34.1 Å². The molecule has 4 nitrogen and oxygen atoms in total. The molecule has 2 N–H and O–H groups in total. The molecule has 0 spiro atoms. The first-order chi connectivity index (χ1) is 7.90. The van der Waals surface area contributed by atoms with Crippen LogP contribution in [0.25, 0.3) is 0 Å². The van der Waals surface area contributed by atoms with Crippen LogP contribution in [-0.4, -0.2) is 47.7 Å². The third kappa shape index (κ3) is 4.64. The van der Waals surface area contributed by atoms with Crippen molar-refractivity contribution in [1.29, 1.82) is 0 Å². The van der Waals surface area contributed by atoms with Crippen LogP contribution in [0.3, 0.4) is 0 Å². The molecule has 100 valence electrons. The Balaban J connectivity index is 2.28. The first-order valence-corrected chi connectivity index (χ1v) is 6.60. The van der Waals surface area contributed by atoms with Crippen molar-refractivity contribution in [2.45, 2.75) is 46.3 Å². The number of rotatable bonds is 5. The molecule has 0 saturated carbocycles. The first kappa shape index (κ1) is 14.5. The van der Waals surface area contributed by atoms with Gasteiger partial charge in [0.1, 0.15) is 0 Å². The fourth-order valence-electron chi connectivity index (χ4n) is 2.07. The van der Waals surface area contributed by atoms with E-state index in [1.807, 2.05) is 13.8 Å². The zero-order valence-corrected chi connectivity index (χ0v) is 11.4. The third-order valence-electron chi connectivity index (χ3n) is 3.75. The molecular formula is C13H26N2O2. The van der Waals surface area contributed by atoms with E-state index >= 15 is 0 Å². The number of hydrogen-bond donors (Lipinski definition) is 2. The molecule has 1 amide bonds. The standard InChI is InChI=1S/C13H26N2O2/c1-9(2)10(3)14-13(17)8-15-6-5-12(7-15)11(4)16/h9-12,16H,5-8H2,1-4H3,(H,14,17). The minimum absolute atomic E-state index is 0.0949. The second kappa shape index (κ2) is 6.36. The molecule has 3 atom stereocenters. The Morgan fingerprint density at radius 2 is 2.06 bits per heavy atom. The van der Waals surface area contributed by atoms with Crippen molar-refractivity contribution in [3.05, 3.63) is 0 Å². The first-order valence-electron chi connectivity index (χ1n) is 6.60. The van der Waals surface area contributed by atoms with Gasteiger partial charge in [0.15, 0.2) is 0 Å². The number of nitrogens with one attached hydrogen (secondary N) is 1. The molecule has 1 saturated heterocycles. The number of amides is 1. The van der Waals surface area contributed by atoms with E-state index in [9.17, 15) is 9.90 Å². The van der Waals surface area contributed by atoms with Gasteiger partial charge in [-0.2, -0.15) is 0 Å². The molecule has 0 aliphatic carbocycles. The van der Waals surface area contributed by atoms with Gasteiger partial charge in [0.2, 0.25) is 5.91 Å². The normalized spacial score (nSPS) is 24.9. The number of aliphatic hydroxyl groups excluding tert-OH is 1. The van der Waals surface area contributed by atoms with Crippen molar-refractivity contribution in [2.24, 2.45) is 11.8 Å². The molecule has 3 unspecified atom stereocenters. The van der Waals surface area contributed by atoms with Gasteiger partial charge >= 0.3 is 0 Å². The van der Waals surface area contributed by atoms with Crippen LogP contribution in [0.5, 0.6) is 0 Å². The minimum Gasteiger partial charge on any atom is -0.393 e. The lowest BCUT2D eigenvalue weighted by atomic mass is 10.0. The highest BCUT2D eigenvalue weighted by atomic mass is 16.3. The lowest BCUT2D eigenvalue weighted by Crippen LogP contribution is -2.42. The van der Waals surface area contributed by atoms with Crippen molar-refractivity contribution in [3.63, 3.8) is 0 Å². The van der Waals surface area contributed by atoms with Gasteiger partial charge in [0.05, 0.1) is 12.6 Å². The van der Waals surface area contributed by atoms with Crippen molar-refractivity contribution in [2.75, 3.05) is 19.6 Å². The number of aliphatic hydroxyl groups is 1. The highest BCUT2D eigenvalue weighted by Crippen LogP contribution is 2.18. The van der Waals surface area contributed by atoms with Crippen LogP contribution >= 0.6 is 0 Å². The Bertz CT molecular complexity index is 254. The van der Waals surface area contributed by atoms with Gasteiger partial charge in [-0.05, 0) is 38.6 Å². The summed E-state index contributed by atoms with van der Waals surface area (Å²) >= 11 is 0. The highest BCUT2D eigenvalue weighted by molar-refractivity contribution is 5.78. The molecule has 1 aliphatic heterocycles. The van der Waals surface area contributed by atoms with E-state index in [1.165, 1.54) is 0 Å². The molecule has 4 heteroatoms. The summed E-state index contributed by atoms with van der Waals surface area (Å²) in [5.41, 5.74) is 0. The molecule has 1 heterocycles. The van der Waals surface area contributed by atoms with Gasteiger partial charge in [-0.1, -0.05) is 13.8 Å². The molecule has 0 aromatic carbocycles. The summed E-state index contributed by atoms with van der Waals surface area (Å²) in [6.07, 6.45) is 0.725. The van der Waals surface area contributed by atoms with Crippen LogP contribution in [0, 0.1) is 11.8 Å². The van der Waals surface area contributed by atoms with Gasteiger partial charge in [0, 0.05) is 12.6 Å². The maximum absolute atomic E-state index is 11.8. The maximum atomic E-state index is 11.8. The van der Waals surface area contributed by atoms with Crippen molar-refractivity contribution in [1.82, 2.24) is 10.2 Å². The average molecular weight is 242 g/mol. The summed E-state index contributed by atoms with van der Waals surface area (Å²) in [6.45, 7) is 10.3. The number of carbonyl (C=O) groups is 1. The fourth-order valence-corrected chi connectivity index (χ4v) is 2.07. The molecule has 17 heavy (non-hydrogen) atoms. The maximum Gasteiger partial charge on any atom is 0.234 e. The predicted molar refractivity (Wildman–Crippen MR) is 68.7 cm³/mol. The van der Waals surface area contributed by atoms with Gasteiger partial charge in [-0.3, -0.25) is 9.69 Å². The highest BCUT2D eigenvalue weighted by Gasteiger charge is 2.27. The molecule has 1 aliphatic rings. The summed E-state index contributed by atoms with van der Waals surface area (Å²) in [7, 11) is 0. The van der Waals surface area contributed by atoms with E-state index in [4.69, 9.17) is 0 Å². The van der Waals surface area contributed by atoms with Crippen LogP contribution in [0.4, 0.5) is 0 Å². The van der Waals surface area contributed by atoms with Crippen molar-refractivity contribution in [3.8, 4) is 0 Å². The van der Waals surface area contributed by atoms with Gasteiger partial charge in [0.25, 0.3) is 0 Å². The number of likely N-dealkylation sites (tertiary alicyclic amines) is 1. The number of nitrogens with zero attached hydrogens (tertiary/aromatic N) is 1. The van der Waals surface area contributed by atoms with E-state index in [1.54, 1.807) is 0 Å². The van der Waals surface area contributed by atoms with E-state index in [0.717, 1.165) is 19.5 Å². The summed E-state index contributed by atoms with van der Waals surface area (Å²) in [5, 5.41) is 12.5. The van der Waals surface area contributed by atoms with Gasteiger partial charge in [-0.15, -0.1) is 0 Å². The van der Waals surface area contributed by atoms with Crippen LogP contribution in [0.2, 0.25) is 0 Å². The smallest absolute Gasteiger partial charge is 0.234 e. The molecule has 1 fully saturated rings. The lowest BCUT2D eigenvalue weighted by Gasteiger charge is -2.21. The molecular weight excluding hydrogens is 216 g/mol. The Hall–Kier alpha value is -0.610. The zero-order chi connectivity index (χ0) is 13.0. The summed E-state index contributed by atoms with van der Waals surface area (Å²) < 4.78 is 0. The monoisotopic (exact) mass is 242 g/mol. The summed E-state index contributed by atoms with van der Waals surface area (Å²) in [6, 6.07) is 0.220. The topological polar surface area (TPSA) is 52.6 Å². The Kier molecular flexibility index (Phi) is 5.40. The quantitative estimate of drug-likeness (QED) is 0.751. The summed E-state index contributed by atoms with van der Waals surface area (Å²) in [4.78, 5) is 13.9. The van der Waals surface area contributed by atoms with E-state index < -0.39 is 0 Å². The van der Waals surface area contributed by atoms with Gasteiger partial charge in [-0.25, -0.2) is 0 Å². The second-order valence-electron chi connectivity index (χ2n) is 5.62. The molecule has 0 aromatic rings. The largest absolute Gasteiger partial charge is 0.393 e. The number of carbonyl (C=O) groups excluding carboxylic acids is 1. The van der Waals surface area contributed by atoms with E-state index in [0.29, 0.717) is 18.4 Å². The van der Waals surface area contributed by atoms with Crippen LogP contribution in [0.15, 0.2) is 0 Å². The number of hydrogen-bond acceptors (Lipinski definition) is 3. The van der Waals surface area contributed by atoms with Crippen molar-refractivity contribution >= 4 is 5.91 Å². The molecule has 1 rings (SSSR count). The minimum atomic E-state index is -0.266. The van der Waals surface area contributed by atoms with Gasteiger partial charge < -0.3 is 10.4 Å². The van der Waals surface area contributed by atoms with Crippen molar-refractivity contribution < 1.29 is 9.90 Å². The average Bonchev–Trinajstić information content (AvgIpc) is 2.65. The van der Waals surface area contributed by atoms with E-state index in [-0.39, 0.29) is 18.1 Å². The Labute approximate surface area is 104 Å². The zero-order valence-electron chi connectivity index (χ0n) is 11.4. The Morgan fingerprint density at radius 1 is 1.41 bits per heavy atom. The van der Waals surface area contributed by atoms with Crippen LogP contribution < -0.4 is 5.32 Å². The third-order valence-corrected chi connectivity index (χ3v) is 3.75. The fraction of sp³-hybridized carbons (Fsp3) is 0.923. The second-order valence-corrected chi connectivity index (χ2v) is 5.62. The van der Waals surface area contributed by atoms with Crippen LogP contribution in [-0.2, 0) is 4.79 Å². The molecule has 0 radical (unpaired) electrons. The SMILES string of the molecule is CC(C)C(C)NC(=O)CN1CCC(C(C)O)C1. The van der Waals surface area contributed by atoms with E-state index in [2.05, 4.69) is 24.1 Å². The summed E-state index contributed by atoms with van der Waals surface area (Å²) in [5.74, 6) is 0.880.